The molecule has 1 amide bonds. The van der Waals surface area contributed by atoms with Crippen molar-refractivity contribution in [2.24, 2.45) is 5.92 Å². The lowest BCUT2D eigenvalue weighted by Crippen LogP contribution is -2.43. The van der Waals surface area contributed by atoms with Gasteiger partial charge in [-0.3, -0.25) is 4.79 Å². The lowest BCUT2D eigenvalue weighted by molar-refractivity contribution is -0.126. The Morgan fingerprint density at radius 1 is 1.04 bits per heavy atom. The Balaban J connectivity index is 1.63. The van der Waals surface area contributed by atoms with Crippen LogP contribution in [0, 0.1) is 5.92 Å². The smallest absolute Gasteiger partial charge is 0.335 e. The molecule has 2 aliphatic rings. The standard InChI is InChI=1S/C16H20N2O5S/c19-15(17-13-3-4-13)11-7-9-18(10-8-11)24(22,23)14-5-1-12(2-6-14)16(20)21/h1-2,5-6,11,13H,3-4,7-10H2,(H,17,19)(H,20,21). The zero-order valence-corrected chi connectivity index (χ0v) is 14.0. The van der Waals surface area contributed by atoms with Crippen molar-refractivity contribution in [2.45, 2.75) is 36.6 Å². The van der Waals surface area contributed by atoms with E-state index < -0.39 is 16.0 Å². The summed E-state index contributed by atoms with van der Waals surface area (Å²) in [5.74, 6) is -1.20. The predicted molar refractivity (Wildman–Crippen MR) is 86.0 cm³/mol. The van der Waals surface area contributed by atoms with Crippen LogP contribution in [-0.4, -0.2) is 48.8 Å². The van der Waals surface area contributed by atoms with E-state index in [0.717, 1.165) is 12.8 Å². The van der Waals surface area contributed by atoms with Crippen molar-refractivity contribution in [2.75, 3.05) is 13.1 Å². The maximum atomic E-state index is 12.6. The third-order valence-electron chi connectivity index (χ3n) is 4.49. The van der Waals surface area contributed by atoms with Crippen molar-refractivity contribution in [3.8, 4) is 0 Å². The molecule has 3 rings (SSSR count). The molecule has 0 bridgehead atoms. The second-order valence-corrected chi connectivity index (χ2v) is 8.23. The second-order valence-electron chi connectivity index (χ2n) is 6.29. The number of benzene rings is 1. The van der Waals surface area contributed by atoms with Gasteiger partial charge in [-0.25, -0.2) is 13.2 Å². The number of aromatic carboxylic acids is 1. The first kappa shape index (κ1) is 16.9. The molecule has 1 saturated heterocycles. The van der Waals surface area contributed by atoms with Gasteiger partial charge in [-0.15, -0.1) is 0 Å². The van der Waals surface area contributed by atoms with Crippen molar-refractivity contribution in [1.82, 2.24) is 9.62 Å². The fraction of sp³-hybridized carbons (Fsp3) is 0.500. The summed E-state index contributed by atoms with van der Waals surface area (Å²) in [6.07, 6.45) is 3.08. The number of rotatable bonds is 5. The van der Waals surface area contributed by atoms with Crippen molar-refractivity contribution < 1.29 is 23.1 Å². The van der Waals surface area contributed by atoms with Gasteiger partial charge in [0.1, 0.15) is 0 Å². The van der Waals surface area contributed by atoms with Crippen LogP contribution in [0.15, 0.2) is 29.2 Å². The molecule has 2 N–H and O–H groups in total. The Labute approximate surface area is 140 Å². The van der Waals surface area contributed by atoms with Gasteiger partial charge in [0.05, 0.1) is 10.5 Å². The summed E-state index contributed by atoms with van der Waals surface area (Å²) < 4.78 is 26.6. The molecule has 0 unspecified atom stereocenters. The van der Waals surface area contributed by atoms with E-state index in [-0.39, 0.29) is 22.3 Å². The fourth-order valence-electron chi connectivity index (χ4n) is 2.82. The van der Waals surface area contributed by atoms with Gasteiger partial charge in [0.25, 0.3) is 0 Å². The first-order valence-electron chi connectivity index (χ1n) is 8.02. The number of amides is 1. The van der Waals surface area contributed by atoms with Crippen LogP contribution in [0.3, 0.4) is 0 Å². The Kier molecular flexibility index (Phi) is 4.60. The Morgan fingerprint density at radius 3 is 2.12 bits per heavy atom. The van der Waals surface area contributed by atoms with Gasteiger partial charge in [0.15, 0.2) is 0 Å². The number of carbonyl (C=O) groups is 2. The fourth-order valence-corrected chi connectivity index (χ4v) is 4.29. The van der Waals surface area contributed by atoms with E-state index >= 15 is 0 Å². The minimum Gasteiger partial charge on any atom is -0.478 e. The minimum absolute atomic E-state index is 0.0281. The van der Waals surface area contributed by atoms with Crippen molar-refractivity contribution in [3.05, 3.63) is 29.8 Å². The van der Waals surface area contributed by atoms with E-state index in [4.69, 9.17) is 5.11 Å². The lowest BCUT2D eigenvalue weighted by Gasteiger charge is -2.30. The predicted octanol–water partition coefficient (Wildman–Crippen LogP) is 1.06. The van der Waals surface area contributed by atoms with Gasteiger partial charge in [-0.05, 0) is 49.9 Å². The first-order valence-corrected chi connectivity index (χ1v) is 9.46. The molecule has 1 aromatic carbocycles. The Bertz CT molecular complexity index is 732. The number of piperidine rings is 1. The summed E-state index contributed by atoms with van der Waals surface area (Å²) in [4.78, 5) is 23.0. The van der Waals surface area contributed by atoms with Gasteiger partial charge >= 0.3 is 5.97 Å². The van der Waals surface area contributed by atoms with Crippen LogP contribution in [0.25, 0.3) is 0 Å². The van der Waals surface area contributed by atoms with Gasteiger partial charge < -0.3 is 10.4 Å². The van der Waals surface area contributed by atoms with Crippen LogP contribution < -0.4 is 5.32 Å². The third kappa shape index (κ3) is 3.59. The summed E-state index contributed by atoms with van der Waals surface area (Å²) in [7, 11) is -3.66. The molecular formula is C16H20N2O5S. The molecular weight excluding hydrogens is 332 g/mol. The zero-order chi connectivity index (χ0) is 17.3. The molecule has 1 saturated carbocycles. The molecule has 1 heterocycles. The van der Waals surface area contributed by atoms with Crippen LogP contribution in [0.2, 0.25) is 0 Å². The van der Waals surface area contributed by atoms with Gasteiger partial charge in [-0.2, -0.15) is 4.31 Å². The normalized spacial score (nSPS) is 19.8. The van der Waals surface area contributed by atoms with Crippen molar-refractivity contribution in [1.29, 1.82) is 0 Å². The summed E-state index contributed by atoms with van der Waals surface area (Å²) in [5, 5.41) is 11.8. The highest BCUT2D eigenvalue weighted by atomic mass is 32.2. The van der Waals surface area contributed by atoms with Crippen molar-refractivity contribution in [3.63, 3.8) is 0 Å². The Morgan fingerprint density at radius 2 is 1.62 bits per heavy atom. The number of nitrogens with zero attached hydrogens (tertiary/aromatic N) is 1. The molecule has 1 aliphatic heterocycles. The maximum Gasteiger partial charge on any atom is 0.335 e. The summed E-state index contributed by atoms with van der Waals surface area (Å²) in [6, 6.07) is 5.50. The molecule has 1 aliphatic carbocycles. The average molecular weight is 352 g/mol. The summed E-state index contributed by atoms with van der Waals surface area (Å²) >= 11 is 0. The van der Waals surface area contributed by atoms with E-state index in [1.54, 1.807) is 0 Å². The van der Waals surface area contributed by atoms with E-state index in [2.05, 4.69) is 5.32 Å². The number of nitrogens with one attached hydrogen (secondary N) is 1. The highest BCUT2D eigenvalue weighted by Gasteiger charge is 2.34. The van der Waals surface area contributed by atoms with E-state index in [0.29, 0.717) is 32.0 Å². The Hall–Kier alpha value is -1.93. The van der Waals surface area contributed by atoms with Crippen LogP contribution in [0.1, 0.15) is 36.0 Å². The van der Waals surface area contributed by atoms with Crippen molar-refractivity contribution >= 4 is 21.9 Å². The molecule has 8 heteroatoms. The highest BCUT2D eigenvalue weighted by molar-refractivity contribution is 7.89. The topological polar surface area (TPSA) is 104 Å². The van der Waals surface area contributed by atoms with E-state index in [1.165, 1.54) is 28.6 Å². The van der Waals surface area contributed by atoms with Gasteiger partial charge in [-0.1, -0.05) is 0 Å². The van der Waals surface area contributed by atoms with Crippen LogP contribution in [0.5, 0.6) is 0 Å². The molecule has 2 fully saturated rings. The molecule has 7 nitrogen and oxygen atoms in total. The number of carboxylic acid groups (broad SMARTS) is 1. The number of carboxylic acids is 1. The zero-order valence-electron chi connectivity index (χ0n) is 13.1. The monoisotopic (exact) mass is 352 g/mol. The molecule has 0 radical (unpaired) electrons. The number of hydrogen-bond acceptors (Lipinski definition) is 4. The van der Waals surface area contributed by atoms with E-state index in [1.807, 2.05) is 0 Å². The SMILES string of the molecule is O=C(O)c1ccc(S(=O)(=O)N2CCC(C(=O)NC3CC3)CC2)cc1. The first-order chi connectivity index (χ1) is 11.4. The highest BCUT2D eigenvalue weighted by Crippen LogP contribution is 2.26. The minimum atomic E-state index is -3.66. The molecule has 0 atom stereocenters. The summed E-state index contributed by atoms with van der Waals surface area (Å²) in [5.41, 5.74) is 0.0457. The molecule has 1 aromatic rings. The van der Waals surface area contributed by atoms with Crippen LogP contribution in [0.4, 0.5) is 0 Å². The largest absolute Gasteiger partial charge is 0.478 e. The van der Waals surface area contributed by atoms with Gasteiger partial charge in [0, 0.05) is 25.0 Å². The number of hydrogen-bond donors (Lipinski definition) is 2. The number of carbonyl (C=O) groups excluding carboxylic acids is 1. The number of sulfonamides is 1. The molecule has 0 spiro atoms. The van der Waals surface area contributed by atoms with Crippen LogP contribution in [-0.2, 0) is 14.8 Å². The van der Waals surface area contributed by atoms with Crippen LogP contribution >= 0.6 is 0 Å². The quantitative estimate of drug-likeness (QED) is 0.825. The third-order valence-corrected chi connectivity index (χ3v) is 6.40. The summed E-state index contributed by atoms with van der Waals surface area (Å²) in [6.45, 7) is 0.595. The molecule has 130 valence electrons. The molecule has 24 heavy (non-hydrogen) atoms. The van der Waals surface area contributed by atoms with Gasteiger partial charge in [0.2, 0.25) is 15.9 Å². The lowest BCUT2D eigenvalue weighted by atomic mass is 9.97. The second kappa shape index (κ2) is 6.52. The molecule has 0 aromatic heterocycles. The van der Waals surface area contributed by atoms with E-state index in [9.17, 15) is 18.0 Å². The average Bonchev–Trinajstić information content (AvgIpc) is 3.39. The maximum absolute atomic E-state index is 12.6.